The van der Waals surface area contributed by atoms with E-state index in [1.54, 1.807) is 24.5 Å². The quantitative estimate of drug-likeness (QED) is 0.809. The SMILES string of the molecule is CS(=O)(=O)N1CCN(c2ccc(NC(=O)/C=C/c3ccco3)cc2)CC1. The number of hydrogen-bond acceptors (Lipinski definition) is 5. The van der Waals surface area contributed by atoms with Gasteiger partial charge in [0.05, 0.1) is 12.5 Å². The highest BCUT2D eigenvalue weighted by molar-refractivity contribution is 7.88. The second-order valence-corrected chi connectivity index (χ2v) is 8.02. The highest BCUT2D eigenvalue weighted by Gasteiger charge is 2.23. The zero-order chi connectivity index (χ0) is 18.6. The van der Waals surface area contributed by atoms with Crippen molar-refractivity contribution in [1.29, 1.82) is 0 Å². The third kappa shape index (κ3) is 4.74. The molecule has 8 heteroatoms. The monoisotopic (exact) mass is 375 g/mol. The van der Waals surface area contributed by atoms with Crippen molar-refractivity contribution in [2.75, 3.05) is 42.7 Å². The topological polar surface area (TPSA) is 82.9 Å². The van der Waals surface area contributed by atoms with Crippen LogP contribution in [0.25, 0.3) is 6.08 Å². The summed E-state index contributed by atoms with van der Waals surface area (Å²) in [7, 11) is -3.13. The van der Waals surface area contributed by atoms with Crippen molar-refractivity contribution in [3.05, 3.63) is 54.5 Å². The van der Waals surface area contributed by atoms with E-state index in [2.05, 4.69) is 10.2 Å². The van der Waals surface area contributed by atoms with Crippen molar-refractivity contribution < 1.29 is 17.6 Å². The zero-order valence-electron chi connectivity index (χ0n) is 14.5. The largest absolute Gasteiger partial charge is 0.465 e. The van der Waals surface area contributed by atoms with Gasteiger partial charge in [0.25, 0.3) is 0 Å². The van der Waals surface area contributed by atoms with E-state index < -0.39 is 10.0 Å². The molecule has 2 heterocycles. The molecule has 1 aliphatic rings. The molecule has 0 unspecified atom stereocenters. The molecule has 1 aliphatic heterocycles. The van der Waals surface area contributed by atoms with Crippen molar-refractivity contribution in [3.8, 4) is 0 Å². The Morgan fingerprint density at radius 1 is 1.12 bits per heavy atom. The van der Waals surface area contributed by atoms with Crippen LogP contribution < -0.4 is 10.2 Å². The van der Waals surface area contributed by atoms with Gasteiger partial charge >= 0.3 is 0 Å². The maximum absolute atomic E-state index is 11.9. The normalized spacial score (nSPS) is 16.1. The summed E-state index contributed by atoms with van der Waals surface area (Å²) < 4.78 is 29.7. The number of carbonyl (C=O) groups is 1. The van der Waals surface area contributed by atoms with Crippen LogP contribution in [0.2, 0.25) is 0 Å². The molecule has 1 aromatic carbocycles. The zero-order valence-corrected chi connectivity index (χ0v) is 15.3. The number of piperazine rings is 1. The van der Waals surface area contributed by atoms with Crippen LogP contribution in [0.3, 0.4) is 0 Å². The Bertz CT molecular complexity index is 866. The molecule has 2 aromatic rings. The van der Waals surface area contributed by atoms with Gasteiger partial charge in [-0.15, -0.1) is 0 Å². The predicted octanol–water partition coefficient (Wildman–Crippen LogP) is 2.01. The van der Waals surface area contributed by atoms with Gasteiger partial charge in [-0.3, -0.25) is 4.79 Å². The Hall–Kier alpha value is -2.58. The number of anilines is 2. The Kier molecular flexibility index (Phi) is 5.43. The van der Waals surface area contributed by atoms with Crippen LogP contribution in [0.1, 0.15) is 5.76 Å². The average molecular weight is 375 g/mol. The lowest BCUT2D eigenvalue weighted by atomic mass is 10.2. The lowest BCUT2D eigenvalue weighted by molar-refractivity contribution is -0.111. The molecule has 1 amide bonds. The molecular weight excluding hydrogens is 354 g/mol. The second kappa shape index (κ2) is 7.76. The predicted molar refractivity (Wildman–Crippen MR) is 101 cm³/mol. The minimum atomic E-state index is -3.13. The van der Waals surface area contributed by atoms with Gasteiger partial charge in [0.2, 0.25) is 15.9 Å². The molecule has 0 saturated carbocycles. The minimum Gasteiger partial charge on any atom is -0.465 e. The van der Waals surface area contributed by atoms with Crippen LogP contribution in [0.5, 0.6) is 0 Å². The number of furan rings is 1. The third-order valence-corrected chi connectivity index (χ3v) is 5.45. The molecule has 0 atom stereocenters. The number of hydrogen-bond donors (Lipinski definition) is 1. The van der Waals surface area contributed by atoms with Crippen LogP contribution in [-0.4, -0.2) is 51.1 Å². The van der Waals surface area contributed by atoms with Gasteiger partial charge in [-0.1, -0.05) is 0 Å². The standard InChI is InChI=1S/C18H21N3O4S/c1-26(23,24)21-12-10-20(11-13-21)16-6-4-15(5-7-16)19-18(22)9-8-17-3-2-14-25-17/h2-9,14H,10-13H2,1H3,(H,19,22)/b9-8+. The molecule has 0 spiro atoms. The van der Waals surface area contributed by atoms with Gasteiger partial charge < -0.3 is 14.6 Å². The van der Waals surface area contributed by atoms with Crippen LogP contribution in [0.4, 0.5) is 11.4 Å². The Labute approximate surface area is 152 Å². The fourth-order valence-electron chi connectivity index (χ4n) is 2.76. The minimum absolute atomic E-state index is 0.240. The summed E-state index contributed by atoms with van der Waals surface area (Å²) in [5.41, 5.74) is 1.69. The summed E-state index contributed by atoms with van der Waals surface area (Å²) in [5, 5.41) is 2.79. The van der Waals surface area contributed by atoms with E-state index in [0.717, 1.165) is 5.69 Å². The van der Waals surface area contributed by atoms with Gasteiger partial charge in [-0.05, 0) is 42.5 Å². The van der Waals surface area contributed by atoms with Gasteiger partial charge in [0.1, 0.15) is 5.76 Å². The van der Waals surface area contributed by atoms with Crippen LogP contribution in [0.15, 0.2) is 53.2 Å². The summed E-state index contributed by atoms with van der Waals surface area (Å²) in [6.45, 7) is 2.25. The molecule has 1 N–H and O–H groups in total. The Morgan fingerprint density at radius 3 is 2.38 bits per heavy atom. The fourth-order valence-corrected chi connectivity index (χ4v) is 3.59. The molecule has 0 aliphatic carbocycles. The van der Waals surface area contributed by atoms with Gasteiger partial charge in [-0.25, -0.2) is 8.42 Å². The summed E-state index contributed by atoms with van der Waals surface area (Å²) in [6, 6.07) is 11.0. The fraction of sp³-hybridized carbons (Fsp3) is 0.278. The smallest absolute Gasteiger partial charge is 0.248 e. The van der Waals surface area contributed by atoms with Crippen molar-refractivity contribution in [1.82, 2.24) is 4.31 Å². The number of sulfonamides is 1. The number of rotatable bonds is 5. The van der Waals surface area contributed by atoms with Crippen LogP contribution in [0, 0.1) is 0 Å². The first-order chi connectivity index (χ1) is 12.4. The van der Waals surface area contributed by atoms with E-state index in [-0.39, 0.29) is 5.91 Å². The first-order valence-corrected chi connectivity index (χ1v) is 10.1. The molecule has 138 valence electrons. The van der Waals surface area contributed by atoms with E-state index in [9.17, 15) is 13.2 Å². The molecule has 1 aromatic heterocycles. The lowest BCUT2D eigenvalue weighted by Crippen LogP contribution is -2.48. The second-order valence-electron chi connectivity index (χ2n) is 6.03. The summed E-state index contributed by atoms with van der Waals surface area (Å²) in [5.74, 6) is 0.375. The van der Waals surface area contributed by atoms with Crippen molar-refractivity contribution in [2.45, 2.75) is 0 Å². The van der Waals surface area contributed by atoms with E-state index in [0.29, 0.717) is 37.6 Å². The lowest BCUT2D eigenvalue weighted by Gasteiger charge is -2.34. The van der Waals surface area contributed by atoms with E-state index >= 15 is 0 Å². The number of nitrogens with zero attached hydrogens (tertiary/aromatic N) is 2. The van der Waals surface area contributed by atoms with E-state index in [1.165, 1.54) is 16.6 Å². The molecule has 26 heavy (non-hydrogen) atoms. The molecule has 0 radical (unpaired) electrons. The van der Waals surface area contributed by atoms with Crippen molar-refractivity contribution in [2.24, 2.45) is 0 Å². The van der Waals surface area contributed by atoms with Crippen LogP contribution >= 0.6 is 0 Å². The van der Waals surface area contributed by atoms with Crippen LogP contribution in [-0.2, 0) is 14.8 Å². The van der Waals surface area contributed by atoms with E-state index in [1.807, 2.05) is 24.3 Å². The summed E-state index contributed by atoms with van der Waals surface area (Å²) in [6.07, 6.45) is 5.80. The first kappa shape index (κ1) is 18.2. The van der Waals surface area contributed by atoms with Crippen molar-refractivity contribution in [3.63, 3.8) is 0 Å². The first-order valence-electron chi connectivity index (χ1n) is 8.24. The molecule has 1 fully saturated rings. The number of carbonyl (C=O) groups excluding carboxylic acids is 1. The van der Waals surface area contributed by atoms with Gasteiger partial charge in [0, 0.05) is 43.6 Å². The van der Waals surface area contributed by atoms with Crippen molar-refractivity contribution >= 4 is 33.4 Å². The summed E-state index contributed by atoms with van der Waals surface area (Å²) >= 11 is 0. The Balaban J connectivity index is 1.55. The van der Waals surface area contributed by atoms with Gasteiger partial charge in [0.15, 0.2) is 0 Å². The van der Waals surface area contributed by atoms with E-state index in [4.69, 9.17) is 4.42 Å². The maximum Gasteiger partial charge on any atom is 0.248 e. The number of nitrogens with one attached hydrogen (secondary N) is 1. The number of amides is 1. The third-order valence-electron chi connectivity index (χ3n) is 4.15. The molecule has 0 bridgehead atoms. The molecule has 1 saturated heterocycles. The molecule has 7 nitrogen and oxygen atoms in total. The average Bonchev–Trinajstić information content (AvgIpc) is 3.14. The Morgan fingerprint density at radius 2 is 1.81 bits per heavy atom. The van der Waals surface area contributed by atoms with Gasteiger partial charge in [-0.2, -0.15) is 4.31 Å². The number of benzene rings is 1. The molecular formula is C18H21N3O4S. The highest BCUT2D eigenvalue weighted by Crippen LogP contribution is 2.20. The highest BCUT2D eigenvalue weighted by atomic mass is 32.2. The molecule has 3 rings (SSSR count). The summed E-state index contributed by atoms with van der Waals surface area (Å²) in [4.78, 5) is 14.0. The maximum atomic E-state index is 11.9.